The topological polar surface area (TPSA) is 75.7 Å². The van der Waals surface area contributed by atoms with Gasteiger partial charge in [-0.1, -0.05) is 44.4 Å². The number of carbonyl (C=O) groups excluding carboxylic acids is 2. The minimum absolute atomic E-state index is 0.101. The zero-order chi connectivity index (χ0) is 28.8. The Morgan fingerprint density at radius 3 is 2.60 bits per heavy atom. The molecule has 218 valence electrons. The molecule has 2 aliphatic rings. The number of halogens is 1. The van der Waals surface area contributed by atoms with Gasteiger partial charge in [0.05, 0.1) is 12.3 Å². The molecular weight excluding hydrogens is 544 g/mol. The molecule has 1 saturated carbocycles. The second-order valence-corrected chi connectivity index (χ2v) is 13.7. The molecule has 8 heteroatoms. The predicted molar refractivity (Wildman–Crippen MR) is 164 cm³/mol. The highest BCUT2D eigenvalue weighted by Crippen LogP contribution is 2.42. The number of Topliss-reactive ketones (excluding diaryl/α,β-unsaturated/α-hetero) is 1. The van der Waals surface area contributed by atoms with Crippen LogP contribution in [0.3, 0.4) is 0 Å². The number of nitrogens with one attached hydrogen (secondary N) is 1. The Morgan fingerprint density at radius 2 is 1.93 bits per heavy atom. The van der Waals surface area contributed by atoms with Gasteiger partial charge in [-0.05, 0) is 86.9 Å². The van der Waals surface area contributed by atoms with E-state index < -0.39 is 11.0 Å². The van der Waals surface area contributed by atoms with Crippen LogP contribution in [-0.4, -0.2) is 40.8 Å². The molecule has 1 aliphatic carbocycles. The summed E-state index contributed by atoms with van der Waals surface area (Å²) >= 11 is 6.37. The summed E-state index contributed by atoms with van der Waals surface area (Å²) < 4.78 is 21.3. The van der Waals surface area contributed by atoms with E-state index in [-0.39, 0.29) is 28.9 Å². The Morgan fingerprint density at radius 1 is 1.12 bits per heavy atom. The van der Waals surface area contributed by atoms with Gasteiger partial charge in [0, 0.05) is 47.2 Å². The molecule has 40 heavy (non-hydrogen) atoms. The summed E-state index contributed by atoms with van der Waals surface area (Å²) in [5, 5.41) is 0.557. The van der Waals surface area contributed by atoms with Crippen LogP contribution in [0.25, 0.3) is 0 Å². The van der Waals surface area contributed by atoms with E-state index in [1.807, 2.05) is 32.0 Å². The van der Waals surface area contributed by atoms with Crippen LogP contribution in [0.5, 0.6) is 5.75 Å². The summed E-state index contributed by atoms with van der Waals surface area (Å²) in [4.78, 5) is 28.2. The van der Waals surface area contributed by atoms with Crippen molar-refractivity contribution in [3.05, 3.63) is 58.1 Å². The lowest BCUT2D eigenvalue weighted by atomic mass is 9.70. The third-order valence-electron chi connectivity index (χ3n) is 8.19. The van der Waals surface area contributed by atoms with Crippen molar-refractivity contribution in [1.29, 1.82) is 0 Å². The fraction of sp³-hybridized carbons (Fsp3) is 0.562. The zero-order valence-corrected chi connectivity index (χ0v) is 25.8. The molecule has 0 saturated heterocycles. The van der Waals surface area contributed by atoms with Crippen LogP contribution >= 0.6 is 11.6 Å². The molecule has 0 bridgehead atoms. The van der Waals surface area contributed by atoms with Crippen molar-refractivity contribution in [2.24, 2.45) is 11.8 Å². The van der Waals surface area contributed by atoms with Gasteiger partial charge in [0.1, 0.15) is 22.5 Å². The van der Waals surface area contributed by atoms with Gasteiger partial charge >= 0.3 is 0 Å². The Bertz CT molecular complexity index is 1230. The summed E-state index contributed by atoms with van der Waals surface area (Å²) in [7, 11) is -1.46. The van der Waals surface area contributed by atoms with E-state index >= 15 is 0 Å². The Kier molecular flexibility index (Phi) is 10.7. The molecular formula is C32H43ClN2O4S. The first-order valence-corrected chi connectivity index (χ1v) is 16.3. The van der Waals surface area contributed by atoms with Crippen LogP contribution in [0, 0.1) is 11.8 Å². The maximum atomic E-state index is 13.0. The van der Waals surface area contributed by atoms with Crippen molar-refractivity contribution in [2.75, 3.05) is 24.6 Å². The maximum Gasteiger partial charge on any atom is 0.263 e. The van der Waals surface area contributed by atoms with Gasteiger partial charge in [0.15, 0.2) is 0 Å². The van der Waals surface area contributed by atoms with Gasteiger partial charge in [-0.25, -0.2) is 4.21 Å². The number of hydrogen-bond donors (Lipinski definition) is 1. The average molecular weight is 587 g/mol. The van der Waals surface area contributed by atoms with Crippen molar-refractivity contribution in [1.82, 2.24) is 4.72 Å². The summed E-state index contributed by atoms with van der Waals surface area (Å²) in [6, 6.07) is 11.6. The van der Waals surface area contributed by atoms with Gasteiger partial charge in [-0.2, -0.15) is 0 Å². The molecule has 4 rings (SSSR count). The summed E-state index contributed by atoms with van der Waals surface area (Å²) in [5.41, 5.74) is 3.77. The highest BCUT2D eigenvalue weighted by atomic mass is 35.5. The number of carbonyl (C=O) groups is 2. The predicted octanol–water partition coefficient (Wildman–Crippen LogP) is 6.86. The van der Waals surface area contributed by atoms with E-state index in [2.05, 4.69) is 35.6 Å². The van der Waals surface area contributed by atoms with Crippen molar-refractivity contribution in [3.63, 3.8) is 0 Å². The lowest BCUT2D eigenvalue weighted by Gasteiger charge is -2.40. The van der Waals surface area contributed by atoms with E-state index in [0.717, 1.165) is 61.5 Å². The Hall–Kier alpha value is -2.38. The second-order valence-electron chi connectivity index (χ2n) is 11.5. The SMILES string of the molecule is CCCCC(=O)C1CCC1CN1CC(c2ccc(Cl)cc2CCC)COc2ccc(C(=O)NS(=O)C(C)C)cc21. The van der Waals surface area contributed by atoms with Crippen molar-refractivity contribution < 1.29 is 18.5 Å². The number of ether oxygens (including phenoxy) is 1. The third kappa shape index (κ3) is 7.27. The number of anilines is 1. The largest absolute Gasteiger partial charge is 0.491 e. The molecule has 2 aromatic carbocycles. The highest BCUT2D eigenvalue weighted by Gasteiger charge is 2.38. The van der Waals surface area contributed by atoms with Crippen molar-refractivity contribution in [2.45, 2.75) is 83.8 Å². The first-order valence-electron chi connectivity index (χ1n) is 14.8. The van der Waals surface area contributed by atoms with Gasteiger partial charge in [-0.15, -0.1) is 0 Å². The van der Waals surface area contributed by atoms with Gasteiger partial charge in [0.2, 0.25) is 0 Å². The molecule has 1 heterocycles. The number of nitrogens with zero attached hydrogens (tertiary/aromatic N) is 1. The van der Waals surface area contributed by atoms with Gasteiger partial charge in [0.25, 0.3) is 5.91 Å². The zero-order valence-electron chi connectivity index (χ0n) is 24.2. The molecule has 0 aromatic heterocycles. The number of rotatable bonds is 12. The van der Waals surface area contributed by atoms with Gasteiger partial charge in [-0.3, -0.25) is 14.3 Å². The minimum atomic E-state index is -1.46. The standard InChI is InChI=1S/C32H43ClN2O4S/c1-5-7-9-30(36)28-13-10-24(28)18-35-19-25(27-14-12-26(33)16-22(27)8-6-2)20-39-31-15-11-23(17-29(31)35)32(37)34-40(38)21(3)4/h11-12,14-17,21,24-25,28H,5-10,13,18-20H2,1-4H3,(H,34,37). The van der Waals surface area contributed by atoms with Crippen LogP contribution in [0.4, 0.5) is 5.69 Å². The number of amides is 1. The quantitative estimate of drug-likeness (QED) is 0.294. The van der Waals surface area contributed by atoms with Crippen LogP contribution in [0.1, 0.15) is 93.6 Å². The molecule has 1 aliphatic heterocycles. The molecule has 1 N–H and O–H groups in total. The van der Waals surface area contributed by atoms with Crippen LogP contribution in [0.2, 0.25) is 5.02 Å². The maximum absolute atomic E-state index is 13.0. The molecule has 0 radical (unpaired) electrons. The van der Waals surface area contributed by atoms with E-state index in [1.54, 1.807) is 6.07 Å². The molecule has 6 nitrogen and oxygen atoms in total. The average Bonchev–Trinajstić information content (AvgIpc) is 3.09. The Labute approximate surface area is 246 Å². The molecule has 2 aromatic rings. The summed E-state index contributed by atoms with van der Waals surface area (Å²) in [6.07, 6.45) is 6.55. The first-order chi connectivity index (χ1) is 19.2. The highest BCUT2D eigenvalue weighted by molar-refractivity contribution is 7.84. The van der Waals surface area contributed by atoms with Crippen LogP contribution in [-0.2, 0) is 22.2 Å². The number of unbranched alkanes of at least 4 members (excludes halogenated alkanes) is 1. The summed E-state index contributed by atoms with van der Waals surface area (Å²) in [5.74, 6) is 1.23. The number of benzene rings is 2. The lowest BCUT2D eigenvalue weighted by Crippen LogP contribution is -2.43. The third-order valence-corrected chi connectivity index (χ3v) is 9.67. The smallest absolute Gasteiger partial charge is 0.263 e. The molecule has 4 atom stereocenters. The van der Waals surface area contributed by atoms with E-state index in [9.17, 15) is 13.8 Å². The van der Waals surface area contributed by atoms with Gasteiger partial charge < -0.3 is 9.64 Å². The lowest BCUT2D eigenvalue weighted by molar-refractivity contribution is -0.127. The van der Waals surface area contributed by atoms with E-state index in [0.29, 0.717) is 30.9 Å². The fourth-order valence-corrected chi connectivity index (χ4v) is 6.48. The van der Waals surface area contributed by atoms with Crippen LogP contribution in [0.15, 0.2) is 36.4 Å². The fourth-order valence-electron chi connectivity index (χ4n) is 5.75. The normalized spacial score (nSPS) is 21.1. The second kappa shape index (κ2) is 14.0. The number of fused-ring (bicyclic) bond motifs is 1. The minimum Gasteiger partial charge on any atom is -0.491 e. The monoisotopic (exact) mass is 586 g/mol. The van der Waals surface area contributed by atoms with Crippen LogP contribution < -0.4 is 14.4 Å². The molecule has 1 amide bonds. The van der Waals surface area contributed by atoms with E-state index in [4.69, 9.17) is 16.3 Å². The molecule has 4 unspecified atom stereocenters. The van der Waals surface area contributed by atoms with Crippen molar-refractivity contribution in [3.8, 4) is 5.75 Å². The van der Waals surface area contributed by atoms with Crippen molar-refractivity contribution >= 4 is 40.0 Å². The number of aryl methyl sites for hydroxylation is 1. The number of ketones is 1. The molecule has 1 fully saturated rings. The Balaban J connectivity index is 1.65. The van der Waals surface area contributed by atoms with E-state index in [1.165, 1.54) is 11.1 Å². The first kappa shape index (κ1) is 30.6. The number of hydrogen-bond acceptors (Lipinski definition) is 5. The summed E-state index contributed by atoms with van der Waals surface area (Å²) in [6.45, 7) is 9.85. The molecule has 0 spiro atoms.